The van der Waals surface area contributed by atoms with Gasteiger partial charge in [-0.1, -0.05) is 0 Å². The normalized spacial score (nSPS) is 25.7. The van der Waals surface area contributed by atoms with Crippen molar-refractivity contribution in [2.45, 2.75) is 44.1 Å². The molecular formula is C20H24N2O7. The highest BCUT2D eigenvalue weighted by molar-refractivity contribution is 5.99. The number of methoxy groups -OCH3 is 2. The number of carbonyl (C=O) groups excluding carboxylic acids is 3. The molecule has 1 aromatic carbocycles. The molecule has 9 nitrogen and oxygen atoms in total. The minimum atomic E-state index is -0.967. The van der Waals surface area contributed by atoms with E-state index in [9.17, 15) is 14.4 Å². The van der Waals surface area contributed by atoms with Crippen molar-refractivity contribution >= 4 is 17.8 Å². The van der Waals surface area contributed by atoms with Gasteiger partial charge in [0.1, 0.15) is 11.6 Å². The molecular weight excluding hydrogens is 380 g/mol. The topological polar surface area (TPSA) is 103 Å². The van der Waals surface area contributed by atoms with Crippen LogP contribution in [0.25, 0.3) is 0 Å². The Kier molecular flexibility index (Phi) is 5.31. The van der Waals surface area contributed by atoms with Gasteiger partial charge in [-0.15, -0.1) is 0 Å². The smallest absolute Gasteiger partial charge is 0.344 e. The Morgan fingerprint density at radius 1 is 1.24 bits per heavy atom. The molecule has 3 aliphatic heterocycles. The second-order valence-electron chi connectivity index (χ2n) is 7.26. The van der Waals surface area contributed by atoms with Crippen LogP contribution < -0.4 is 14.8 Å². The average molecular weight is 404 g/mol. The zero-order chi connectivity index (χ0) is 20.5. The van der Waals surface area contributed by atoms with Crippen molar-refractivity contribution in [3.8, 4) is 11.5 Å². The van der Waals surface area contributed by atoms with Crippen LogP contribution in [0.2, 0.25) is 0 Å². The Labute approximate surface area is 168 Å². The van der Waals surface area contributed by atoms with Gasteiger partial charge in [-0.2, -0.15) is 0 Å². The number of amides is 2. The Morgan fingerprint density at radius 2 is 2.07 bits per heavy atom. The van der Waals surface area contributed by atoms with Gasteiger partial charge in [0.15, 0.2) is 11.5 Å². The first-order valence-electron chi connectivity index (χ1n) is 9.71. The number of benzene rings is 1. The van der Waals surface area contributed by atoms with Crippen LogP contribution >= 0.6 is 0 Å². The van der Waals surface area contributed by atoms with Gasteiger partial charge < -0.3 is 24.3 Å². The summed E-state index contributed by atoms with van der Waals surface area (Å²) in [6.45, 7) is 1.11. The monoisotopic (exact) mass is 404 g/mol. The van der Waals surface area contributed by atoms with Crippen LogP contribution in [0, 0.1) is 0 Å². The van der Waals surface area contributed by atoms with E-state index in [1.165, 1.54) is 19.1 Å². The molecule has 1 aromatic rings. The van der Waals surface area contributed by atoms with Gasteiger partial charge in [-0.3, -0.25) is 14.5 Å². The highest BCUT2D eigenvalue weighted by atomic mass is 16.6. The first kappa shape index (κ1) is 19.5. The Bertz CT molecular complexity index is 834. The number of likely N-dealkylation sites (tertiary alicyclic amines) is 1. The van der Waals surface area contributed by atoms with Crippen molar-refractivity contribution in [1.29, 1.82) is 0 Å². The molecule has 2 saturated heterocycles. The summed E-state index contributed by atoms with van der Waals surface area (Å²) in [4.78, 5) is 39.3. The molecule has 156 valence electrons. The summed E-state index contributed by atoms with van der Waals surface area (Å²) in [5.41, 5.74) is 0.704. The lowest BCUT2D eigenvalue weighted by molar-refractivity contribution is -0.145. The fourth-order valence-electron chi connectivity index (χ4n) is 4.18. The minimum Gasteiger partial charge on any atom is -0.493 e. The maximum atomic E-state index is 12.8. The number of nitrogens with one attached hydrogen (secondary N) is 1. The lowest BCUT2D eigenvalue weighted by atomic mass is 10.1. The fourth-order valence-corrected chi connectivity index (χ4v) is 4.18. The molecule has 2 fully saturated rings. The zero-order valence-corrected chi connectivity index (χ0v) is 16.4. The maximum absolute atomic E-state index is 12.8. The third kappa shape index (κ3) is 3.39. The van der Waals surface area contributed by atoms with E-state index in [0.717, 1.165) is 12.8 Å². The van der Waals surface area contributed by atoms with E-state index in [1.807, 2.05) is 0 Å². The summed E-state index contributed by atoms with van der Waals surface area (Å²) < 4.78 is 21.6. The third-order valence-corrected chi connectivity index (χ3v) is 5.61. The molecule has 4 rings (SSSR count). The molecule has 0 unspecified atom stereocenters. The molecule has 0 aliphatic carbocycles. The molecule has 0 radical (unpaired) electrons. The van der Waals surface area contributed by atoms with Crippen LogP contribution in [0.15, 0.2) is 12.1 Å². The summed E-state index contributed by atoms with van der Waals surface area (Å²) in [5.74, 6) is -0.469. The van der Waals surface area contributed by atoms with Crippen LogP contribution in [0.3, 0.4) is 0 Å². The van der Waals surface area contributed by atoms with E-state index in [0.29, 0.717) is 30.9 Å². The van der Waals surface area contributed by atoms with Gasteiger partial charge >= 0.3 is 5.97 Å². The Balaban J connectivity index is 1.58. The summed E-state index contributed by atoms with van der Waals surface area (Å²) in [7, 11) is 2.90. The van der Waals surface area contributed by atoms with Gasteiger partial charge in [-0.25, -0.2) is 4.79 Å². The van der Waals surface area contributed by atoms with E-state index in [-0.39, 0.29) is 35.7 Å². The molecule has 0 saturated carbocycles. The van der Waals surface area contributed by atoms with Crippen LogP contribution in [-0.2, 0) is 19.1 Å². The van der Waals surface area contributed by atoms with Crippen molar-refractivity contribution in [2.24, 2.45) is 0 Å². The number of cyclic esters (lactones) is 1. The van der Waals surface area contributed by atoms with Crippen molar-refractivity contribution < 1.29 is 33.3 Å². The van der Waals surface area contributed by atoms with Gasteiger partial charge in [0, 0.05) is 25.1 Å². The Hall–Kier alpha value is -2.81. The van der Waals surface area contributed by atoms with E-state index >= 15 is 0 Å². The molecule has 0 spiro atoms. The van der Waals surface area contributed by atoms with Crippen LogP contribution in [0.4, 0.5) is 0 Å². The zero-order valence-electron chi connectivity index (χ0n) is 16.4. The summed E-state index contributed by atoms with van der Waals surface area (Å²) in [5, 5.41) is 2.87. The second kappa shape index (κ2) is 7.90. The van der Waals surface area contributed by atoms with E-state index in [4.69, 9.17) is 18.9 Å². The highest BCUT2D eigenvalue weighted by Gasteiger charge is 2.47. The minimum absolute atomic E-state index is 0.00580. The van der Waals surface area contributed by atoms with Gasteiger partial charge in [0.05, 0.1) is 20.3 Å². The maximum Gasteiger partial charge on any atom is 0.344 e. The molecule has 3 atom stereocenters. The predicted octanol–water partition coefficient (Wildman–Crippen LogP) is 1.16. The number of nitrogens with zero attached hydrogens (tertiary/aromatic N) is 1. The van der Waals surface area contributed by atoms with E-state index in [1.54, 1.807) is 12.1 Å². The van der Waals surface area contributed by atoms with E-state index in [2.05, 4.69) is 5.32 Å². The van der Waals surface area contributed by atoms with Gasteiger partial charge in [-0.05, 0) is 31.4 Å². The molecule has 29 heavy (non-hydrogen) atoms. The van der Waals surface area contributed by atoms with Crippen molar-refractivity contribution in [2.75, 3.05) is 27.4 Å². The Morgan fingerprint density at radius 3 is 2.76 bits per heavy atom. The van der Waals surface area contributed by atoms with Crippen molar-refractivity contribution in [3.05, 3.63) is 23.3 Å². The molecule has 3 heterocycles. The molecule has 2 amide bonds. The fraction of sp³-hybridized carbons (Fsp3) is 0.550. The van der Waals surface area contributed by atoms with Gasteiger partial charge in [0.25, 0.3) is 0 Å². The SMILES string of the molecule is COc1ccc2c(c1OC)C(=O)O[C@H]2N1C(=O)CC[C@@H]1C(=O)NC[C@@H]1CCCO1. The van der Waals surface area contributed by atoms with Crippen LogP contribution in [0.1, 0.15) is 47.8 Å². The quantitative estimate of drug-likeness (QED) is 0.710. The standard InChI is InChI=1S/C20H24N2O7/c1-26-14-7-5-12-16(17(14)27-2)20(25)29-19(12)22-13(6-8-15(22)23)18(24)21-10-11-4-3-9-28-11/h5,7,11,13,19H,3-4,6,8-10H2,1-2H3,(H,21,24)/t11-,13+,19+/m0/s1. The van der Waals surface area contributed by atoms with E-state index < -0.39 is 18.2 Å². The lowest BCUT2D eigenvalue weighted by Crippen LogP contribution is -2.47. The van der Waals surface area contributed by atoms with Crippen molar-refractivity contribution in [1.82, 2.24) is 10.2 Å². The third-order valence-electron chi connectivity index (χ3n) is 5.61. The first-order chi connectivity index (χ1) is 14.0. The first-order valence-corrected chi connectivity index (χ1v) is 9.71. The highest BCUT2D eigenvalue weighted by Crippen LogP contribution is 2.45. The number of esters is 1. The largest absolute Gasteiger partial charge is 0.493 e. The summed E-state index contributed by atoms with van der Waals surface area (Å²) in [6.07, 6.45) is 1.51. The second-order valence-corrected chi connectivity index (χ2v) is 7.26. The predicted molar refractivity (Wildman–Crippen MR) is 99.6 cm³/mol. The number of hydrogen-bond donors (Lipinski definition) is 1. The molecule has 0 aromatic heterocycles. The lowest BCUT2D eigenvalue weighted by Gasteiger charge is -2.29. The van der Waals surface area contributed by atoms with Crippen molar-refractivity contribution in [3.63, 3.8) is 0 Å². The number of hydrogen-bond acceptors (Lipinski definition) is 7. The molecule has 9 heteroatoms. The summed E-state index contributed by atoms with van der Waals surface area (Å²) in [6, 6.07) is 2.61. The van der Waals surface area contributed by atoms with Crippen LogP contribution in [0.5, 0.6) is 11.5 Å². The average Bonchev–Trinajstić information content (AvgIpc) is 3.45. The molecule has 3 aliphatic rings. The summed E-state index contributed by atoms with van der Waals surface area (Å²) >= 11 is 0. The van der Waals surface area contributed by atoms with Gasteiger partial charge in [0.2, 0.25) is 18.0 Å². The number of ether oxygens (including phenoxy) is 4. The number of fused-ring (bicyclic) bond motifs is 1. The number of carbonyl (C=O) groups is 3. The molecule has 0 bridgehead atoms. The molecule has 1 N–H and O–H groups in total. The van der Waals surface area contributed by atoms with Crippen LogP contribution in [-0.4, -0.2) is 62.2 Å². The number of rotatable bonds is 6.